The lowest BCUT2D eigenvalue weighted by molar-refractivity contribution is -0.117. The van der Waals surface area contributed by atoms with Crippen molar-refractivity contribution in [3.63, 3.8) is 0 Å². The molecule has 0 radical (unpaired) electrons. The monoisotopic (exact) mass is 374 g/mol. The van der Waals surface area contributed by atoms with Crippen molar-refractivity contribution in [2.24, 2.45) is 11.3 Å². The van der Waals surface area contributed by atoms with Crippen molar-refractivity contribution in [1.82, 2.24) is 14.5 Å². The Morgan fingerprint density at radius 3 is 2.77 bits per heavy atom. The molecule has 1 N–H and O–H groups in total. The van der Waals surface area contributed by atoms with Crippen molar-refractivity contribution >= 4 is 34.6 Å². The van der Waals surface area contributed by atoms with Crippen molar-refractivity contribution in [3.8, 4) is 0 Å². The van der Waals surface area contributed by atoms with Crippen LogP contribution in [-0.2, 0) is 4.79 Å². The first-order valence-corrected chi connectivity index (χ1v) is 10.1. The van der Waals surface area contributed by atoms with Gasteiger partial charge in [-0.15, -0.1) is 0 Å². The third-order valence-corrected chi connectivity index (χ3v) is 6.19. The van der Waals surface area contributed by atoms with Gasteiger partial charge in [0.05, 0.1) is 0 Å². The van der Waals surface area contributed by atoms with E-state index in [-0.39, 0.29) is 5.91 Å². The molecular formula is C20H27ClN4O. The summed E-state index contributed by atoms with van der Waals surface area (Å²) in [6.07, 6.45) is 8.71. The Kier molecular flexibility index (Phi) is 4.68. The largest absolute Gasteiger partial charge is 0.296 e. The number of imidazole rings is 1. The number of amides is 1. The molecule has 26 heavy (non-hydrogen) atoms. The maximum absolute atomic E-state index is 12.7. The molecule has 2 aromatic heterocycles. The first kappa shape index (κ1) is 17.8. The Balaban J connectivity index is 1.54. The van der Waals surface area contributed by atoms with E-state index in [2.05, 4.69) is 33.7 Å². The number of anilines is 1. The number of halogens is 1. The van der Waals surface area contributed by atoms with Gasteiger partial charge in [-0.25, -0.2) is 9.97 Å². The van der Waals surface area contributed by atoms with Crippen molar-refractivity contribution in [3.05, 3.63) is 17.3 Å². The minimum absolute atomic E-state index is 0.0645. The fraction of sp³-hybridized carbons (Fsp3) is 0.650. The molecule has 2 saturated carbocycles. The second kappa shape index (κ2) is 6.84. The molecule has 1 atom stereocenters. The number of nitrogens with one attached hydrogen (secondary N) is 1. The number of rotatable bonds is 4. The topological polar surface area (TPSA) is 59.8 Å². The van der Waals surface area contributed by atoms with E-state index in [4.69, 9.17) is 11.6 Å². The van der Waals surface area contributed by atoms with Gasteiger partial charge in [0, 0.05) is 12.5 Å². The molecule has 2 heterocycles. The third kappa shape index (κ3) is 3.59. The summed E-state index contributed by atoms with van der Waals surface area (Å²) in [5.41, 5.74) is 1.91. The highest BCUT2D eigenvalue weighted by atomic mass is 35.5. The Bertz CT molecular complexity index is 825. The number of aromatic nitrogens is 3. The predicted molar refractivity (Wildman–Crippen MR) is 104 cm³/mol. The van der Waals surface area contributed by atoms with Crippen LogP contribution in [0.25, 0.3) is 11.2 Å². The van der Waals surface area contributed by atoms with Gasteiger partial charge in [-0.2, -0.15) is 0 Å². The van der Waals surface area contributed by atoms with E-state index < -0.39 is 0 Å². The average molecular weight is 375 g/mol. The number of fused-ring (bicyclic) bond motifs is 1. The Morgan fingerprint density at radius 1 is 1.27 bits per heavy atom. The van der Waals surface area contributed by atoms with Crippen LogP contribution >= 0.6 is 11.6 Å². The number of carbonyl (C=O) groups is 1. The highest BCUT2D eigenvalue weighted by Crippen LogP contribution is 2.40. The fourth-order valence-electron chi connectivity index (χ4n) is 4.50. The maximum Gasteiger partial charge on any atom is 0.226 e. The first-order valence-electron chi connectivity index (χ1n) is 9.76. The van der Waals surface area contributed by atoms with Gasteiger partial charge < -0.3 is 0 Å². The van der Waals surface area contributed by atoms with E-state index in [1.54, 1.807) is 6.07 Å². The SMILES string of the molecule is CC1(C)CCCC(CC(=O)Nc2nc3ccc(Cl)nc3n2C2CCC2)C1. The summed E-state index contributed by atoms with van der Waals surface area (Å²) in [4.78, 5) is 21.8. The van der Waals surface area contributed by atoms with Crippen LogP contribution in [0.2, 0.25) is 5.15 Å². The number of carbonyl (C=O) groups excluding carboxylic acids is 1. The van der Waals surface area contributed by atoms with Crippen LogP contribution in [0.5, 0.6) is 0 Å². The van der Waals surface area contributed by atoms with Crippen LogP contribution in [0.15, 0.2) is 12.1 Å². The lowest BCUT2D eigenvalue weighted by Gasteiger charge is -2.35. The van der Waals surface area contributed by atoms with Crippen molar-refractivity contribution in [2.45, 2.75) is 71.3 Å². The van der Waals surface area contributed by atoms with E-state index in [1.807, 2.05) is 6.07 Å². The Morgan fingerprint density at radius 2 is 2.08 bits per heavy atom. The molecule has 2 aliphatic rings. The van der Waals surface area contributed by atoms with Gasteiger partial charge in [0.25, 0.3) is 0 Å². The molecule has 6 heteroatoms. The number of nitrogens with zero attached hydrogens (tertiary/aromatic N) is 3. The molecule has 140 valence electrons. The summed E-state index contributed by atoms with van der Waals surface area (Å²) in [7, 11) is 0. The van der Waals surface area contributed by atoms with Crippen molar-refractivity contribution < 1.29 is 4.79 Å². The molecule has 0 spiro atoms. The van der Waals surface area contributed by atoms with Crippen LogP contribution < -0.4 is 5.32 Å². The van der Waals surface area contributed by atoms with Crippen LogP contribution in [0, 0.1) is 11.3 Å². The van der Waals surface area contributed by atoms with E-state index >= 15 is 0 Å². The molecule has 0 aromatic carbocycles. The molecule has 2 fully saturated rings. The van der Waals surface area contributed by atoms with Crippen molar-refractivity contribution in [1.29, 1.82) is 0 Å². The summed E-state index contributed by atoms with van der Waals surface area (Å²) in [6.45, 7) is 4.62. The Labute approximate surface area is 159 Å². The molecule has 1 unspecified atom stereocenters. The zero-order valence-electron chi connectivity index (χ0n) is 15.6. The highest BCUT2D eigenvalue weighted by molar-refractivity contribution is 6.29. The predicted octanol–water partition coefficient (Wildman–Crippen LogP) is 5.35. The molecule has 1 amide bonds. The lowest BCUT2D eigenvalue weighted by atomic mass is 9.71. The van der Waals surface area contributed by atoms with E-state index in [9.17, 15) is 4.79 Å². The van der Waals surface area contributed by atoms with Gasteiger partial charge in [-0.05, 0) is 62.0 Å². The molecular weight excluding hydrogens is 348 g/mol. The second-order valence-electron chi connectivity index (χ2n) is 8.75. The summed E-state index contributed by atoms with van der Waals surface area (Å²) in [5.74, 6) is 1.15. The summed E-state index contributed by atoms with van der Waals surface area (Å²) in [5, 5.41) is 3.53. The van der Waals surface area contributed by atoms with E-state index in [0.717, 1.165) is 36.8 Å². The van der Waals surface area contributed by atoms with Gasteiger partial charge >= 0.3 is 0 Å². The average Bonchev–Trinajstić information content (AvgIpc) is 2.82. The van der Waals surface area contributed by atoms with Gasteiger partial charge in [0.2, 0.25) is 11.9 Å². The lowest BCUT2D eigenvalue weighted by Crippen LogP contribution is -2.27. The Hall–Kier alpha value is -1.62. The van der Waals surface area contributed by atoms with Crippen LogP contribution in [0.1, 0.15) is 71.3 Å². The van der Waals surface area contributed by atoms with Crippen molar-refractivity contribution in [2.75, 3.05) is 5.32 Å². The van der Waals surface area contributed by atoms with Gasteiger partial charge in [0.1, 0.15) is 10.7 Å². The summed E-state index contributed by atoms with van der Waals surface area (Å²) >= 11 is 6.09. The van der Waals surface area contributed by atoms with Crippen LogP contribution in [-0.4, -0.2) is 20.4 Å². The fourth-order valence-corrected chi connectivity index (χ4v) is 4.64. The molecule has 0 bridgehead atoms. The minimum atomic E-state index is 0.0645. The molecule has 0 saturated heterocycles. The van der Waals surface area contributed by atoms with E-state index in [0.29, 0.717) is 34.9 Å². The number of pyridine rings is 1. The molecule has 0 aliphatic heterocycles. The third-order valence-electron chi connectivity index (χ3n) is 5.98. The minimum Gasteiger partial charge on any atom is -0.296 e. The standard InChI is InChI=1S/C20H27ClN4O/c1-20(2)10-4-5-13(12-20)11-17(26)24-19-22-15-8-9-16(21)23-18(15)25(19)14-6-3-7-14/h8-9,13-14H,3-7,10-12H2,1-2H3,(H,22,24,26). The quantitative estimate of drug-likeness (QED) is 0.733. The maximum atomic E-state index is 12.7. The highest BCUT2D eigenvalue weighted by Gasteiger charge is 2.30. The zero-order chi connectivity index (χ0) is 18.3. The molecule has 2 aromatic rings. The van der Waals surface area contributed by atoms with Gasteiger partial charge in [-0.3, -0.25) is 14.7 Å². The summed E-state index contributed by atoms with van der Waals surface area (Å²) < 4.78 is 2.08. The second-order valence-corrected chi connectivity index (χ2v) is 9.13. The molecule has 2 aliphatic carbocycles. The van der Waals surface area contributed by atoms with Crippen LogP contribution in [0.4, 0.5) is 5.95 Å². The van der Waals surface area contributed by atoms with E-state index in [1.165, 1.54) is 19.3 Å². The van der Waals surface area contributed by atoms with Gasteiger partial charge in [-0.1, -0.05) is 31.9 Å². The zero-order valence-corrected chi connectivity index (χ0v) is 16.4. The summed E-state index contributed by atoms with van der Waals surface area (Å²) in [6, 6.07) is 3.98. The van der Waals surface area contributed by atoms with Crippen LogP contribution in [0.3, 0.4) is 0 Å². The smallest absolute Gasteiger partial charge is 0.226 e. The first-order chi connectivity index (χ1) is 12.4. The molecule has 5 nitrogen and oxygen atoms in total. The number of hydrogen-bond acceptors (Lipinski definition) is 3. The normalized spacial score (nSPS) is 23.0. The van der Waals surface area contributed by atoms with Gasteiger partial charge in [0.15, 0.2) is 5.65 Å². The number of hydrogen-bond donors (Lipinski definition) is 1. The molecule has 4 rings (SSSR count).